The number of anilines is 1. The van der Waals surface area contributed by atoms with Crippen LogP contribution in [-0.4, -0.2) is 28.0 Å². The standard InChI is InChI=1S/C7H10N4O2/c1-13-7(12)9-6-10-8-4-11(6)5-2-3-5/h4-5H,2-3H2,1H3,(H,9,10,12). The third-order valence-electron chi connectivity index (χ3n) is 1.91. The SMILES string of the molecule is COC(=O)Nc1nncn1C1CC1. The van der Waals surface area contributed by atoms with Crippen molar-refractivity contribution in [1.29, 1.82) is 0 Å². The van der Waals surface area contributed by atoms with Gasteiger partial charge in [-0.05, 0) is 12.8 Å². The highest BCUT2D eigenvalue weighted by molar-refractivity contribution is 5.82. The normalized spacial score (nSPS) is 15.5. The molecule has 1 saturated carbocycles. The van der Waals surface area contributed by atoms with Crippen LogP contribution >= 0.6 is 0 Å². The third kappa shape index (κ3) is 1.61. The van der Waals surface area contributed by atoms with Crippen molar-refractivity contribution in [3.63, 3.8) is 0 Å². The first-order valence-electron chi connectivity index (χ1n) is 4.05. The summed E-state index contributed by atoms with van der Waals surface area (Å²) < 4.78 is 6.29. The first-order valence-corrected chi connectivity index (χ1v) is 4.05. The predicted molar refractivity (Wildman–Crippen MR) is 44.3 cm³/mol. The van der Waals surface area contributed by atoms with Crippen LogP contribution in [0.4, 0.5) is 10.7 Å². The molecule has 0 aromatic carbocycles. The molecular weight excluding hydrogens is 172 g/mol. The summed E-state index contributed by atoms with van der Waals surface area (Å²) in [5.41, 5.74) is 0. The molecule has 2 rings (SSSR count). The van der Waals surface area contributed by atoms with Crippen LogP contribution in [0.15, 0.2) is 6.33 Å². The van der Waals surface area contributed by atoms with Crippen LogP contribution in [0.3, 0.4) is 0 Å². The van der Waals surface area contributed by atoms with Gasteiger partial charge in [-0.1, -0.05) is 0 Å². The number of hydrogen-bond donors (Lipinski definition) is 1. The molecule has 1 amide bonds. The summed E-state index contributed by atoms with van der Waals surface area (Å²) in [6, 6.07) is 0.446. The lowest BCUT2D eigenvalue weighted by Crippen LogP contribution is -2.14. The van der Waals surface area contributed by atoms with Gasteiger partial charge in [-0.2, -0.15) is 0 Å². The van der Waals surface area contributed by atoms with Gasteiger partial charge in [-0.15, -0.1) is 10.2 Å². The Balaban J connectivity index is 2.10. The number of amides is 1. The van der Waals surface area contributed by atoms with Crippen LogP contribution in [0.5, 0.6) is 0 Å². The topological polar surface area (TPSA) is 69.0 Å². The highest BCUT2D eigenvalue weighted by Crippen LogP contribution is 2.36. The van der Waals surface area contributed by atoms with Crippen molar-refractivity contribution in [3.8, 4) is 0 Å². The molecule has 1 fully saturated rings. The van der Waals surface area contributed by atoms with Crippen LogP contribution < -0.4 is 5.32 Å². The molecule has 0 unspecified atom stereocenters. The van der Waals surface area contributed by atoms with E-state index in [4.69, 9.17) is 0 Å². The summed E-state index contributed by atoms with van der Waals surface area (Å²) in [6.07, 6.45) is 3.33. The van der Waals surface area contributed by atoms with Crippen LogP contribution in [0.1, 0.15) is 18.9 Å². The molecule has 1 N–H and O–H groups in total. The highest BCUT2D eigenvalue weighted by Gasteiger charge is 2.26. The Bertz CT molecular complexity index is 318. The molecule has 1 heterocycles. The number of hydrogen-bond acceptors (Lipinski definition) is 4. The number of ether oxygens (including phenoxy) is 1. The predicted octanol–water partition coefficient (Wildman–Crippen LogP) is 0.791. The van der Waals surface area contributed by atoms with Crippen molar-refractivity contribution < 1.29 is 9.53 Å². The zero-order chi connectivity index (χ0) is 9.26. The molecule has 1 aliphatic rings. The van der Waals surface area contributed by atoms with E-state index in [9.17, 15) is 4.79 Å². The average molecular weight is 182 g/mol. The fourth-order valence-electron chi connectivity index (χ4n) is 1.09. The number of carbonyl (C=O) groups is 1. The number of methoxy groups -OCH3 is 1. The Hall–Kier alpha value is -1.59. The average Bonchev–Trinajstić information content (AvgIpc) is 2.88. The van der Waals surface area contributed by atoms with E-state index in [1.165, 1.54) is 7.11 Å². The van der Waals surface area contributed by atoms with Gasteiger partial charge in [0, 0.05) is 6.04 Å². The van der Waals surface area contributed by atoms with Crippen LogP contribution in [-0.2, 0) is 4.74 Å². The van der Waals surface area contributed by atoms with E-state index >= 15 is 0 Å². The number of nitrogens with one attached hydrogen (secondary N) is 1. The van der Waals surface area contributed by atoms with Gasteiger partial charge in [0.25, 0.3) is 0 Å². The summed E-state index contributed by atoms with van der Waals surface area (Å²) in [7, 11) is 1.31. The maximum atomic E-state index is 10.9. The van der Waals surface area contributed by atoms with E-state index in [1.807, 2.05) is 4.57 Å². The molecule has 0 atom stereocenters. The van der Waals surface area contributed by atoms with Gasteiger partial charge < -0.3 is 4.74 Å². The number of nitrogens with zero attached hydrogens (tertiary/aromatic N) is 3. The first-order chi connectivity index (χ1) is 6.31. The Kier molecular flexibility index (Phi) is 1.88. The monoisotopic (exact) mass is 182 g/mol. The molecule has 6 nitrogen and oxygen atoms in total. The van der Waals surface area contributed by atoms with Crippen LogP contribution in [0.25, 0.3) is 0 Å². The van der Waals surface area contributed by atoms with Crippen LogP contribution in [0.2, 0.25) is 0 Å². The zero-order valence-corrected chi connectivity index (χ0v) is 7.23. The fourth-order valence-corrected chi connectivity index (χ4v) is 1.09. The molecule has 0 bridgehead atoms. The lowest BCUT2D eigenvalue weighted by atomic mass is 10.7. The minimum absolute atomic E-state index is 0.446. The Labute approximate surface area is 74.9 Å². The Morgan fingerprint density at radius 2 is 2.54 bits per heavy atom. The van der Waals surface area contributed by atoms with E-state index in [-0.39, 0.29) is 0 Å². The maximum Gasteiger partial charge on any atom is 0.413 e. The second-order valence-corrected chi connectivity index (χ2v) is 2.91. The van der Waals surface area contributed by atoms with E-state index in [1.54, 1.807) is 6.33 Å². The van der Waals surface area contributed by atoms with Crippen molar-refractivity contribution in [3.05, 3.63) is 6.33 Å². The number of carbonyl (C=O) groups excluding carboxylic acids is 1. The second-order valence-electron chi connectivity index (χ2n) is 2.91. The summed E-state index contributed by atoms with van der Waals surface area (Å²) in [5.74, 6) is 0.453. The molecule has 0 spiro atoms. The van der Waals surface area contributed by atoms with Gasteiger partial charge >= 0.3 is 6.09 Å². The van der Waals surface area contributed by atoms with Crippen molar-refractivity contribution >= 4 is 12.0 Å². The maximum absolute atomic E-state index is 10.9. The lowest BCUT2D eigenvalue weighted by molar-refractivity contribution is 0.186. The van der Waals surface area contributed by atoms with E-state index < -0.39 is 6.09 Å². The molecule has 1 aromatic heterocycles. The van der Waals surface area contributed by atoms with Crippen LogP contribution in [0, 0.1) is 0 Å². The van der Waals surface area contributed by atoms with Gasteiger partial charge in [0.1, 0.15) is 6.33 Å². The molecule has 0 radical (unpaired) electrons. The minimum Gasteiger partial charge on any atom is -0.453 e. The summed E-state index contributed by atoms with van der Waals surface area (Å²) in [4.78, 5) is 10.9. The van der Waals surface area contributed by atoms with Gasteiger partial charge in [-0.25, -0.2) is 4.79 Å². The molecule has 1 aromatic rings. The van der Waals surface area contributed by atoms with Crippen molar-refractivity contribution in [2.24, 2.45) is 0 Å². The van der Waals surface area contributed by atoms with Crippen molar-refractivity contribution in [2.75, 3.05) is 12.4 Å². The first kappa shape index (κ1) is 8.03. The molecule has 70 valence electrons. The third-order valence-corrected chi connectivity index (χ3v) is 1.91. The second kappa shape index (κ2) is 3.04. The highest BCUT2D eigenvalue weighted by atomic mass is 16.5. The summed E-state index contributed by atoms with van der Waals surface area (Å²) >= 11 is 0. The molecule has 1 aliphatic carbocycles. The van der Waals surface area contributed by atoms with E-state index in [0.29, 0.717) is 12.0 Å². The summed E-state index contributed by atoms with van der Waals surface area (Å²) in [6.45, 7) is 0. The quantitative estimate of drug-likeness (QED) is 0.734. The van der Waals surface area contributed by atoms with Gasteiger partial charge in [0.05, 0.1) is 7.11 Å². The lowest BCUT2D eigenvalue weighted by Gasteiger charge is -2.04. The number of aromatic nitrogens is 3. The minimum atomic E-state index is -0.519. The Morgan fingerprint density at radius 1 is 1.77 bits per heavy atom. The van der Waals surface area contributed by atoms with Crippen molar-refractivity contribution in [1.82, 2.24) is 14.8 Å². The summed E-state index contributed by atoms with van der Waals surface area (Å²) in [5, 5.41) is 9.97. The number of rotatable bonds is 2. The van der Waals surface area contributed by atoms with Gasteiger partial charge in [-0.3, -0.25) is 9.88 Å². The smallest absolute Gasteiger partial charge is 0.413 e. The molecule has 0 aliphatic heterocycles. The van der Waals surface area contributed by atoms with E-state index in [2.05, 4.69) is 20.3 Å². The molecule has 0 saturated heterocycles. The molecule has 13 heavy (non-hydrogen) atoms. The Morgan fingerprint density at radius 3 is 3.15 bits per heavy atom. The van der Waals surface area contributed by atoms with E-state index in [0.717, 1.165) is 12.8 Å². The molecule has 6 heteroatoms. The molecular formula is C7H10N4O2. The zero-order valence-electron chi connectivity index (χ0n) is 7.23. The van der Waals surface area contributed by atoms with Gasteiger partial charge in [0.2, 0.25) is 5.95 Å². The van der Waals surface area contributed by atoms with Crippen molar-refractivity contribution in [2.45, 2.75) is 18.9 Å². The largest absolute Gasteiger partial charge is 0.453 e. The fraction of sp³-hybridized carbons (Fsp3) is 0.571. The van der Waals surface area contributed by atoms with Gasteiger partial charge in [0.15, 0.2) is 0 Å².